The van der Waals surface area contributed by atoms with Crippen LogP contribution in [0.1, 0.15) is 23.7 Å². The Morgan fingerprint density at radius 2 is 2.43 bits per heavy atom. The van der Waals surface area contributed by atoms with Crippen molar-refractivity contribution in [2.45, 2.75) is 19.4 Å². The van der Waals surface area contributed by atoms with Gasteiger partial charge in [-0.05, 0) is 28.3 Å². The summed E-state index contributed by atoms with van der Waals surface area (Å²) in [5, 5.41) is 3.80. The summed E-state index contributed by atoms with van der Waals surface area (Å²) in [5.41, 5.74) is 0.758. The van der Waals surface area contributed by atoms with Gasteiger partial charge >= 0.3 is 0 Å². The highest BCUT2D eigenvalue weighted by atomic mass is 79.9. The van der Waals surface area contributed by atoms with Crippen molar-refractivity contribution in [2.75, 3.05) is 6.61 Å². The van der Waals surface area contributed by atoms with Gasteiger partial charge in [-0.2, -0.15) is 11.3 Å². The average Bonchev–Trinajstić information content (AvgIpc) is 2.73. The molecule has 0 aromatic carbocycles. The van der Waals surface area contributed by atoms with E-state index in [1.54, 1.807) is 0 Å². The van der Waals surface area contributed by atoms with Crippen LogP contribution in [0.3, 0.4) is 0 Å². The second-order valence-electron chi connectivity index (χ2n) is 3.55. The zero-order valence-corrected chi connectivity index (χ0v) is 10.2. The quantitative estimate of drug-likeness (QED) is 0.775. The Labute approximate surface area is 95.4 Å². The summed E-state index contributed by atoms with van der Waals surface area (Å²) in [7, 11) is 0. The van der Waals surface area contributed by atoms with Crippen LogP contribution in [0.25, 0.3) is 0 Å². The second-order valence-corrected chi connectivity index (χ2v) is 5.15. The molecule has 1 aromatic rings. The number of hydrogen-bond acceptors (Lipinski definition) is 3. The minimum absolute atomic E-state index is 0.114. The maximum atomic E-state index is 12.0. The van der Waals surface area contributed by atoms with E-state index in [0.717, 1.165) is 16.5 Å². The zero-order valence-electron chi connectivity index (χ0n) is 7.83. The van der Waals surface area contributed by atoms with Crippen LogP contribution in [0.4, 0.5) is 0 Å². The normalized spacial score (nSPS) is 26.7. The number of ketones is 1. The lowest BCUT2D eigenvalue weighted by Gasteiger charge is -2.12. The molecule has 2 heterocycles. The summed E-state index contributed by atoms with van der Waals surface area (Å²) in [6.07, 6.45) is 0.749. The number of rotatable bonds is 2. The van der Waals surface area contributed by atoms with Gasteiger partial charge in [-0.1, -0.05) is 6.92 Å². The summed E-state index contributed by atoms with van der Waals surface area (Å²) >= 11 is 4.90. The maximum absolute atomic E-state index is 12.0. The molecule has 1 aliphatic heterocycles. The van der Waals surface area contributed by atoms with Crippen LogP contribution >= 0.6 is 27.3 Å². The molecular weight excluding hydrogens is 264 g/mol. The van der Waals surface area contributed by atoms with Crippen molar-refractivity contribution in [3.63, 3.8) is 0 Å². The lowest BCUT2D eigenvalue weighted by molar-refractivity contribution is 0.0579. The fourth-order valence-electron chi connectivity index (χ4n) is 1.64. The van der Waals surface area contributed by atoms with E-state index in [-0.39, 0.29) is 11.9 Å². The van der Waals surface area contributed by atoms with Gasteiger partial charge in [0.05, 0.1) is 0 Å². The molecule has 2 unspecified atom stereocenters. The van der Waals surface area contributed by atoms with Crippen LogP contribution in [-0.4, -0.2) is 18.5 Å². The Bertz CT molecular complexity index is 348. The molecule has 2 nitrogen and oxygen atoms in total. The molecule has 1 aliphatic rings. The van der Waals surface area contributed by atoms with E-state index in [1.807, 2.05) is 10.8 Å². The highest BCUT2D eigenvalue weighted by Gasteiger charge is 2.32. The van der Waals surface area contributed by atoms with E-state index in [4.69, 9.17) is 4.74 Å². The van der Waals surface area contributed by atoms with Crippen molar-refractivity contribution in [1.29, 1.82) is 0 Å². The topological polar surface area (TPSA) is 26.3 Å². The summed E-state index contributed by atoms with van der Waals surface area (Å²) in [6.45, 7) is 2.77. The number of carbonyl (C=O) groups excluding carboxylic acids is 1. The van der Waals surface area contributed by atoms with E-state index in [9.17, 15) is 4.79 Å². The Balaban J connectivity index is 2.20. The molecule has 0 aliphatic carbocycles. The van der Waals surface area contributed by atoms with E-state index in [0.29, 0.717) is 12.5 Å². The zero-order chi connectivity index (χ0) is 10.1. The third-order valence-electron chi connectivity index (χ3n) is 2.53. The minimum Gasteiger partial charge on any atom is -0.370 e. The van der Waals surface area contributed by atoms with Crippen LogP contribution in [0.15, 0.2) is 15.2 Å². The number of halogens is 1. The first-order valence-corrected chi connectivity index (χ1v) is 6.31. The van der Waals surface area contributed by atoms with Crippen LogP contribution in [0.2, 0.25) is 0 Å². The second kappa shape index (κ2) is 4.13. The van der Waals surface area contributed by atoms with Crippen LogP contribution in [-0.2, 0) is 4.74 Å². The minimum atomic E-state index is -0.235. The summed E-state index contributed by atoms with van der Waals surface area (Å²) in [5.74, 6) is 0.456. The van der Waals surface area contributed by atoms with Gasteiger partial charge in [-0.15, -0.1) is 0 Å². The molecule has 2 atom stereocenters. The molecule has 76 valence electrons. The third kappa shape index (κ3) is 1.78. The number of Topliss-reactive ketones (excluding diaryl/α,β-unsaturated/α-hetero) is 1. The van der Waals surface area contributed by atoms with Crippen molar-refractivity contribution < 1.29 is 9.53 Å². The smallest absolute Gasteiger partial charge is 0.193 e. The fraction of sp³-hybridized carbons (Fsp3) is 0.500. The highest BCUT2D eigenvalue weighted by molar-refractivity contribution is 9.10. The highest BCUT2D eigenvalue weighted by Crippen LogP contribution is 2.28. The third-order valence-corrected chi connectivity index (χ3v) is 4.23. The fourth-order valence-corrected chi connectivity index (χ4v) is 3.12. The molecule has 0 bridgehead atoms. The van der Waals surface area contributed by atoms with E-state index in [2.05, 4.69) is 22.9 Å². The van der Waals surface area contributed by atoms with Crippen molar-refractivity contribution in [2.24, 2.45) is 5.92 Å². The molecular formula is C10H11BrO2S. The van der Waals surface area contributed by atoms with Crippen molar-refractivity contribution in [1.82, 2.24) is 0 Å². The molecule has 0 N–H and O–H groups in total. The largest absolute Gasteiger partial charge is 0.370 e. The molecule has 0 spiro atoms. The summed E-state index contributed by atoms with van der Waals surface area (Å²) < 4.78 is 6.32. The van der Waals surface area contributed by atoms with E-state index < -0.39 is 0 Å². The van der Waals surface area contributed by atoms with Gasteiger partial charge in [0.15, 0.2) is 5.78 Å². The Kier molecular flexibility index (Phi) is 3.04. The van der Waals surface area contributed by atoms with Gasteiger partial charge in [0.1, 0.15) is 6.10 Å². The van der Waals surface area contributed by atoms with Crippen molar-refractivity contribution >= 4 is 33.0 Å². The molecule has 4 heteroatoms. The molecule has 1 aromatic heterocycles. The lowest BCUT2D eigenvalue weighted by Crippen LogP contribution is -2.25. The van der Waals surface area contributed by atoms with Gasteiger partial charge < -0.3 is 4.74 Å². The Morgan fingerprint density at radius 3 is 2.93 bits per heavy atom. The van der Waals surface area contributed by atoms with Gasteiger partial charge in [-0.25, -0.2) is 0 Å². The molecule has 1 saturated heterocycles. The first-order chi connectivity index (χ1) is 6.70. The molecule has 2 rings (SSSR count). The van der Waals surface area contributed by atoms with Crippen LogP contribution < -0.4 is 0 Å². The van der Waals surface area contributed by atoms with Gasteiger partial charge in [0, 0.05) is 27.4 Å². The van der Waals surface area contributed by atoms with Crippen LogP contribution in [0, 0.1) is 5.92 Å². The van der Waals surface area contributed by atoms with Crippen molar-refractivity contribution in [3.05, 3.63) is 20.8 Å². The maximum Gasteiger partial charge on any atom is 0.193 e. The predicted molar refractivity (Wildman–Crippen MR) is 59.9 cm³/mol. The van der Waals surface area contributed by atoms with Gasteiger partial charge in [0.25, 0.3) is 0 Å². The standard InChI is InChI=1S/C10H11BrO2S/c1-6-2-3-13-10(6)9(12)7-4-14-5-8(7)11/h4-6,10H,2-3H2,1H3. The monoisotopic (exact) mass is 274 g/mol. The van der Waals surface area contributed by atoms with Gasteiger partial charge in [-0.3, -0.25) is 4.79 Å². The summed E-state index contributed by atoms with van der Waals surface area (Å²) in [4.78, 5) is 12.0. The SMILES string of the molecule is CC1CCOC1C(=O)c1cscc1Br. The first-order valence-electron chi connectivity index (χ1n) is 4.57. The van der Waals surface area contributed by atoms with Crippen molar-refractivity contribution in [3.8, 4) is 0 Å². The Morgan fingerprint density at radius 1 is 1.64 bits per heavy atom. The molecule has 0 radical (unpaired) electrons. The van der Waals surface area contributed by atoms with E-state index in [1.165, 1.54) is 11.3 Å². The number of carbonyl (C=O) groups is 1. The number of ether oxygens (including phenoxy) is 1. The summed E-state index contributed by atoms with van der Waals surface area (Å²) in [6, 6.07) is 0. The Hall–Kier alpha value is -0.190. The molecule has 0 saturated carbocycles. The van der Waals surface area contributed by atoms with Crippen LogP contribution in [0.5, 0.6) is 0 Å². The molecule has 1 fully saturated rings. The molecule has 0 amide bonds. The first kappa shape index (κ1) is 10.3. The number of thiophene rings is 1. The number of hydrogen-bond donors (Lipinski definition) is 0. The van der Waals surface area contributed by atoms with E-state index >= 15 is 0 Å². The predicted octanol–water partition coefficient (Wildman–Crippen LogP) is 3.12. The molecule has 14 heavy (non-hydrogen) atoms. The average molecular weight is 275 g/mol. The lowest BCUT2D eigenvalue weighted by atomic mass is 9.98. The van der Waals surface area contributed by atoms with Gasteiger partial charge in [0.2, 0.25) is 0 Å².